The Morgan fingerprint density at radius 3 is 3.00 bits per heavy atom. The molecule has 0 saturated carbocycles. The van der Waals surface area contributed by atoms with Crippen molar-refractivity contribution in [3.63, 3.8) is 0 Å². The number of nitrogens with one attached hydrogen (secondary N) is 1. The van der Waals surface area contributed by atoms with Gasteiger partial charge in [0.2, 0.25) is 5.91 Å². The molecule has 1 amide bonds. The van der Waals surface area contributed by atoms with Gasteiger partial charge in [-0.05, 0) is 38.3 Å². The van der Waals surface area contributed by atoms with Gasteiger partial charge in [-0.15, -0.1) is 0 Å². The second-order valence-electron chi connectivity index (χ2n) is 3.22. The van der Waals surface area contributed by atoms with E-state index in [1.165, 1.54) is 12.8 Å². The molecule has 64 valence electrons. The van der Waals surface area contributed by atoms with Crippen molar-refractivity contribution in [3.05, 3.63) is 0 Å². The van der Waals surface area contributed by atoms with Crippen LogP contribution in [0.3, 0.4) is 0 Å². The minimum Gasteiger partial charge on any atom is -0.370 e. The summed E-state index contributed by atoms with van der Waals surface area (Å²) in [6.07, 6.45) is 4.00. The van der Waals surface area contributed by atoms with E-state index in [9.17, 15) is 4.79 Å². The van der Waals surface area contributed by atoms with Gasteiger partial charge in [-0.3, -0.25) is 4.79 Å². The first-order chi connectivity index (χ1) is 5.29. The van der Waals surface area contributed by atoms with Crippen LogP contribution in [0.1, 0.15) is 25.7 Å². The summed E-state index contributed by atoms with van der Waals surface area (Å²) in [6, 6.07) is 0. The average Bonchev–Trinajstić information content (AvgIpc) is 2.03. The first-order valence-electron chi connectivity index (χ1n) is 4.28. The van der Waals surface area contributed by atoms with Gasteiger partial charge in [0.25, 0.3) is 0 Å². The third-order valence-electron chi connectivity index (χ3n) is 2.20. The molecule has 3 nitrogen and oxygen atoms in total. The fraction of sp³-hybridized carbons (Fsp3) is 0.875. The van der Waals surface area contributed by atoms with Crippen molar-refractivity contribution in [2.75, 3.05) is 13.1 Å². The summed E-state index contributed by atoms with van der Waals surface area (Å²) in [4.78, 5) is 10.4. The number of amides is 1. The van der Waals surface area contributed by atoms with Crippen LogP contribution in [0.15, 0.2) is 0 Å². The van der Waals surface area contributed by atoms with Crippen LogP contribution in [0.4, 0.5) is 0 Å². The van der Waals surface area contributed by atoms with E-state index in [2.05, 4.69) is 5.32 Å². The van der Waals surface area contributed by atoms with Crippen molar-refractivity contribution in [2.45, 2.75) is 25.7 Å². The number of rotatable bonds is 3. The molecule has 0 aromatic carbocycles. The lowest BCUT2D eigenvalue weighted by Gasteiger charge is -2.21. The molecular formula is C8H16N2O. The number of primary amides is 1. The predicted molar refractivity (Wildman–Crippen MR) is 44.0 cm³/mol. The van der Waals surface area contributed by atoms with Crippen molar-refractivity contribution in [2.24, 2.45) is 11.7 Å². The summed E-state index contributed by atoms with van der Waals surface area (Å²) in [7, 11) is 0. The molecule has 1 fully saturated rings. The summed E-state index contributed by atoms with van der Waals surface area (Å²) >= 11 is 0. The molecule has 11 heavy (non-hydrogen) atoms. The highest BCUT2D eigenvalue weighted by Crippen LogP contribution is 2.15. The van der Waals surface area contributed by atoms with E-state index in [1.807, 2.05) is 0 Å². The van der Waals surface area contributed by atoms with Crippen LogP contribution in [0.5, 0.6) is 0 Å². The van der Waals surface area contributed by atoms with E-state index in [-0.39, 0.29) is 5.91 Å². The number of piperidine rings is 1. The van der Waals surface area contributed by atoms with Crippen LogP contribution in [0, 0.1) is 5.92 Å². The summed E-state index contributed by atoms with van der Waals surface area (Å²) in [5, 5.41) is 3.31. The van der Waals surface area contributed by atoms with Crippen LogP contribution in [0.25, 0.3) is 0 Å². The van der Waals surface area contributed by atoms with E-state index in [1.54, 1.807) is 0 Å². The smallest absolute Gasteiger partial charge is 0.217 e. The van der Waals surface area contributed by atoms with Gasteiger partial charge in [-0.1, -0.05) is 0 Å². The van der Waals surface area contributed by atoms with Crippen LogP contribution < -0.4 is 11.1 Å². The van der Waals surface area contributed by atoms with Gasteiger partial charge in [-0.2, -0.15) is 0 Å². The quantitative estimate of drug-likeness (QED) is 0.615. The van der Waals surface area contributed by atoms with Crippen LogP contribution in [-0.4, -0.2) is 19.0 Å². The maximum atomic E-state index is 10.4. The molecular weight excluding hydrogens is 140 g/mol. The summed E-state index contributed by atoms with van der Waals surface area (Å²) < 4.78 is 0. The van der Waals surface area contributed by atoms with Gasteiger partial charge < -0.3 is 11.1 Å². The summed E-state index contributed by atoms with van der Waals surface area (Å²) in [5.41, 5.74) is 5.05. The lowest BCUT2D eigenvalue weighted by atomic mass is 9.95. The molecule has 0 aromatic rings. The molecule has 1 atom stereocenters. The molecule has 0 aromatic heterocycles. The van der Waals surface area contributed by atoms with Crippen molar-refractivity contribution in [1.82, 2.24) is 5.32 Å². The topological polar surface area (TPSA) is 55.1 Å². The van der Waals surface area contributed by atoms with E-state index in [0.29, 0.717) is 12.3 Å². The molecule has 0 bridgehead atoms. The maximum absolute atomic E-state index is 10.4. The lowest BCUT2D eigenvalue weighted by molar-refractivity contribution is -0.118. The number of carbonyl (C=O) groups is 1. The average molecular weight is 156 g/mol. The fourth-order valence-corrected chi connectivity index (χ4v) is 1.52. The van der Waals surface area contributed by atoms with Gasteiger partial charge in [0.1, 0.15) is 0 Å². The zero-order chi connectivity index (χ0) is 8.10. The fourth-order valence-electron chi connectivity index (χ4n) is 1.52. The molecule has 0 unspecified atom stereocenters. The SMILES string of the molecule is NC(=O)CC[C@@H]1CCCNC1. The van der Waals surface area contributed by atoms with Crippen molar-refractivity contribution >= 4 is 5.91 Å². The number of hydrogen-bond donors (Lipinski definition) is 2. The first-order valence-corrected chi connectivity index (χ1v) is 4.28. The highest BCUT2D eigenvalue weighted by molar-refractivity contribution is 5.73. The van der Waals surface area contributed by atoms with Crippen LogP contribution in [0.2, 0.25) is 0 Å². The first kappa shape index (κ1) is 8.53. The van der Waals surface area contributed by atoms with E-state index < -0.39 is 0 Å². The predicted octanol–water partition coefficient (Wildman–Crippen LogP) is 0.251. The van der Waals surface area contributed by atoms with Crippen molar-refractivity contribution in [1.29, 1.82) is 0 Å². The number of nitrogens with two attached hydrogens (primary N) is 1. The van der Waals surface area contributed by atoms with Crippen molar-refractivity contribution in [3.8, 4) is 0 Å². The Balaban J connectivity index is 2.09. The second-order valence-corrected chi connectivity index (χ2v) is 3.22. The van der Waals surface area contributed by atoms with Gasteiger partial charge in [0.15, 0.2) is 0 Å². The molecule has 0 radical (unpaired) electrons. The Hall–Kier alpha value is -0.570. The molecule has 1 aliphatic rings. The molecule has 0 aliphatic carbocycles. The van der Waals surface area contributed by atoms with E-state index >= 15 is 0 Å². The van der Waals surface area contributed by atoms with Crippen LogP contribution in [-0.2, 0) is 4.79 Å². The normalized spacial score (nSPS) is 24.9. The Bertz CT molecular complexity index is 130. The Labute approximate surface area is 67.3 Å². The second kappa shape index (κ2) is 4.34. The summed E-state index contributed by atoms with van der Waals surface area (Å²) in [6.45, 7) is 2.19. The Morgan fingerprint density at radius 1 is 1.64 bits per heavy atom. The monoisotopic (exact) mass is 156 g/mol. The van der Waals surface area contributed by atoms with Gasteiger partial charge in [-0.25, -0.2) is 0 Å². The minimum absolute atomic E-state index is 0.171. The van der Waals surface area contributed by atoms with Crippen LogP contribution >= 0.6 is 0 Å². The van der Waals surface area contributed by atoms with Gasteiger partial charge >= 0.3 is 0 Å². The molecule has 3 N–H and O–H groups in total. The maximum Gasteiger partial charge on any atom is 0.217 e. The molecule has 0 spiro atoms. The standard InChI is InChI=1S/C8H16N2O/c9-8(11)4-3-7-2-1-5-10-6-7/h7,10H,1-6H2,(H2,9,11)/t7-/m0/s1. The minimum atomic E-state index is -0.171. The molecule has 1 heterocycles. The largest absolute Gasteiger partial charge is 0.370 e. The highest BCUT2D eigenvalue weighted by Gasteiger charge is 2.12. The number of carbonyl (C=O) groups excluding carboxylic acids is 1. The Morgan fingerprint density at radius 2 is 2.45 bits per heavy atom. The Kier molecular flexibility index (Phi) is 3.36. The molecule has 3 heteroatoms. The van der Waals surface area contributed by atoms with Crippen molar-refractivity contribution < 1.29 is 4.79 Å². The molecule has 1 rings (SSSR count). The van der Waals surface area contributed by atoms with E-state index in [0.717, 1.165) is 19.5 Å². The molecule has 1 aliphatic heterocycles. The van der Waals surface area contributed by atoms with Gasteiger partial charge in [0.05, 0.1) is 0 Å². The van der Waals surface area contributed by atoms with E-state index in [4.69, 9.17) is 5.73 Å². The van der Waals surface area contributed by atoms with Gasteiger partial charge in [0, 0.05) is 6.42 Å². The summed E-state index contributed by atoms with van der Waals surface area (Å²) in [5.74, 6) is 0.506. The highest BCUT2D eigenvalue weighted by atomic mass is 16.1. The molecule has 1 saturated heterocycles. The lowest BCUT2D eigenvalue weighted by Crippen LogP contribution is -2.30. The zero-order valence-electron chi connectivity index (χ0n) is 6.81. The third-order valence-corrected chi connectivity index (χ3v) is 2.20. The third kappa shape index (κ3) is 3.37. The zero-order valence-corrected chi connectivity index (χ0v) is 6.81. The number of hydrogen-bond acceptors (Lipinski definition) is 2.